The molecule has 1 aliphatic heterocycles. The van der Waals surface area contributed by atoms with Crippen molar-refractivity contribution >= 4 is 23.1 Å². The molecule has 2 rings (SSSR count). The van der Waals surface area contributed by atoms with Crippen molar-refractivity contribution in [3.05, 3.63) is 10.0 Å². The molecular formula is C10H17N3S2. The van der Waals surface area contributed by atoms with E-state index < -0.39 is 0 Å². The Hall–Kier alpha value is -0.130. The molecule has 15 heavy (non-hydrogen) atoms. The maximum Gasteiger partial charge on any atom is 0.121 e. The minimum absolute atomic E-state index is 0.686. The van der Waals surface area contributed by atoms with E-state index in [9.17, 15) is 0 Å². The van der Waals surface area contributed by atoms with E-state index in [1.165, 1.54) is 27.9 Å². The van der Waals surface area contributed by atoms with E-state index in [0.717, 1.165) is 19.4 Å². The van der Waals surface area contributed by atoms with Crippen LogP contribution in [0.15, 0.2) is 0 Å². The maximum atomic E-state index is 4.31. The van der Waals surface area contributed by atoms with Gasteiger partial charge in [0.05, 0.1) is 0 Å². The molecule has 0 radical (unpaired) electrons. The Morgan fingerprint density at radius 1 is 1.47 bits per heavy atom. The molecule has 1 fully saturated rings. The fourth-order valence-corrected chi connectivity index (χ4v) is 4.03. The molecule has 1 aromatic rings. The van der Waals surface area contributed by atoms with E-state index in [1.54, 1.807) is 0 Å². The van der Waals surface area contributed by atoms with Crippen LogP contribution in [0.2, 0.25) is 0 Å². The van der Waals surface area contributed by atoms with Crippen molar-refractivity contribution < 1.29 is 0 Å². The van der Waals surface area contributed by atoms with Gasteiger partial charge in [0.1, 0.15) is 10.0 Å². The highest BCUT2D eigenvalue weighted by atomic mass is 32.2. The minimum atomic E-state index is 0.686. The maximum absolute atomic E-state index is 4.31. The first-order valence-electron chi connectivity index (χ1n) is 5.45. The van der Waals surface area contributed by atoms with E-state index in [0.29, 0.717) is 5.92 Å². The predicted molar refractivity (Wildman–Crippen MR) is 66.8 cm³/mol. The van der Waals surface area contributed by atoms with Crippen molar-refractivity contribution in [1.82, 2.24) is 15.5 Å². The van der Waals surface area contributed by atoms with Crippen molar-refractivity contribution in [3.8, 4) is 0 Å². The number of aromatic nitrogens is 2. The van der Waals surface area contributed by atoms with Gasteiger partial charge in [-0.2, -0.15) is 11.8 Å². The Kier molecular flexibility index (Phi) is 4.41. The first-order chi connectivity index (χ1) is 7.40. The highest BCUT2D eigenvalue weighted by Crippen LogP contribution is 2.33. The van der Waals surface area contributed by atoms with Gasteiger partial charge in [-0.25, -0.2) is 0 Å². The molecule has 0 aromatic carbocycles. The van der Waals surface area contributed by atoms with Crippen LogP contribution in [0.25, 0.3) is 0 Å². The van der Waals surface area contributed by atoms with E-state index in [-0.39, 0.29) is 0 Å². The molecule has 0 bridgehead atoms. The summed E-state index contributed by atoms with van der Waals surface area (Å²) in [5.41, 5.74) is 0. The van der Waals surface area contributed by atoms with E-state index in [2.05, 4.69) is 15.5 Å². The molecule has 5 heteroatoms. The standard InChI is InChI=1S/C10H17N3S2/c1-11-5-2-3-9-12-13-10(15-9)8-4-6-14-7-8/h8,11H,2-7H2,1H3. The summed E-state index contributed by atoms with van der Waals surface area (Å²) >= 11 is 3.85. The molecule has 1 aliphatic rings. The Labute approximate surface area is 99.1 Å². The second kappa shape index (κ2) is 5.82. The summed E-state index contributed by atoms with van der Waals surface area (Å²) < 4.78 is 0. The molecule has 84 valence electrons. The van der Waals surface area contributed by atoms with Crippen LogP contribution < -0.4 is 5.32 Å². The van der Waals surface area contributed by atoms with Gasteiger partial charge in [0.2, 0.25) is 0 Å². The van der Waals surface area contributed by atoms with Gasteiger partial charge in [0, 0.05) is 18.1 Å². The van der Waals surface area contributed by atoms with Crippen molar-refractivity contribution in [2.45, 2.75) is 25.2 Å². The molecule has 1 unspecified atom stereocenters. The molecule has 1 aromatic heterocycles. The van der Waals surface area contributed by atoms with Crippen LogP contribution in [0, 0.1) is 0 Å². The molecule has 1 saturated heterocycles. The van der Waals surface area contributed by atoms with Gasteiger partial charge in [-0.05, 0) is 32.2 Å². The van der Waals surface area contributed by atoms with Crippen LogP contribution >= 0.6 is 23.1 Å². The highest BCUT2D eigenvalue weighted by Gasteiger charge is 2.21. The van der Waals surface area contributed by atoms with Crippen LogP contribution in [0.4, 0.5) is 0 Å². The molecule has 3 nitrogen and oxygen atoms in total. The van der Waals surface area contributed by atoms with Crippen LogP contribution in [0.5, 0.6) is 0 Å². The molecule has 0 aliphatic carbocycles. The summed E-state index contributed by atoms with van der Waals surface area (Å²) in [7, 11) is 1.99. The molecule has 1 N–H and O–H groups in total. The fourth-order valence-electron chi connectivity index (χ4n) is 1.68. The summed E-state index contributed by atoms with van der Waals surface area (Å²) in [6, 6.07) is 0. The van der Waals surface area contributed by atoms with Gasteiger partial charge in [0.15, 0.2) is 0 Å². The van der Waals surface area contributed by atoms with Crippen molar-refractivity contribution in [2.75, 3.05) is 25.1 Å². The second-order valence-corrected chi connectivity index (χ2v) is 6.05. The molecule has 0 saturated carbocycles. The lowest BCUT2D eigenvalue weighted by molar-refractivity contribution is 0.713. The molecular weight excluding hydrogens is 226 g/mol. The number of hydrogen-bond donors (Lipinski definition) is 1. The summed E-state index contributed by atoms with van der Waals surface area (Å²) in [4.78, 5) is 0. The number of thioether (sulfide) groups is 1. The van der Waals surface area contributed by atoms with E-state index in [4.69, 9.17) is 0 Å². The Morgan fingerprint density at radius 3 is 3.13 bits per heavy atom. The normalized spacial score (nSPS) is 21.0. The zero-order valence-corrected chi connectivity index (χ0v) is 10.7. The van der Waals surface area contributed by atoms with Gasteiger partial charge in [-0.15, -0.1) is 21.5 Å². The number of nitrogens with one attached hydrogen (secondary N) is 1. The van der Waals surface area contributed by atoms with Crippen LogP contribution in [-0.2, 0) is 6.42 Å². The van der Waals surface area contributed by atoms with Gasteiger partial charge in [0.25, 0.3) is 0 Å². The van der Waals surface area contributed by atoms with E-state index >= 15 is 0 Å². The molecule has 0 spiro atoms. The quantitative estimate of drug-likeness (QED) is 0.802. The number of aryl methyl sites for hydroxylation is 1. The monoisotopic (exact) mass is 243 g/mol. The number of nitrogens with zero attached hydrogens (tertiary/aromatic N) is 2. The molecule has 2 heterocycles. The van der Waals surface area contributed by atoms with Crippen LogP contribution in [0.3, 0.4) is 0 Å². The number of rotatable bonds is 5. The third-order valence-electron chi connectivity index (χ3n) is 2.58. The van der Waals surface area contributed by atoms with Crippen molar-refractivity contribution in [2.24, 2.45) is 0 Å². The SMILES string of the molecule is CNCCCc1nnc(C2CCSC2)s1. The van der Waals surface area contributed by atoms with Gasteiger partial charge in [-0.3, -0.25) is 0 Å². The second-order valence-electron chi connectivity index (χ2n) is 3.80. The van der Waals surface area contributed by atoms with Crippen molar-refractivity contribution in [3.63, 3.8) is 0 Å². The first-order valence-corrected chi connectivity index (χ1v) is 7.42. The Balaban J connectivity index is 1.86. The average molecular weight is 243 g/mol. The van der Waals surface area contributed by atoms with Crippen LogP contribution in [0.1, 0.15) is 28.8 Å². The fraction of sp³-hybridized carbons (Fsp3) is 0.800. The van der Waals surface area contributed by atoms with Gasteiger partial charge >= 0.3 is 0 Å². The molecule has 1 atom stereocenters. The smallest absolute Gasteiger partial charge is 0.121 e. The Morgan fingerprint density at radius 2 is 2.40 bits per heavy atom. The lowest BCUT2D eigenvalue weighted by atomic mass is 10.1. The van der Waals surface area contributed by atoms with Crippen LogP contribution in [-0.4, -0.2) is 35.3 Å². The van der Waals surface area contributed by atoms with E-state index in [1.807, 2.05) is 30.1 Å². The largest absolute Gasteiger partial charge is 0.320 e. The third-order valence-corrected chi connectivity index (χ3v) is 4.89. The summed E-state index contributed by atoms with van der Waals surface area (Å²) in [6.07, 6.45) is 3.51. The molecule has 0 amide bonds. The average Bonchev–Trinajstić information content (AvgIpc) is 2.87. The topological polar surface area (TPSA) is 37.8 Å². The number of hydrogen-bond acceptors (Lipinski definition) is 5. The lowest BCUT2D eigenvalue weighted by Gasteiger charge is -1.99. The summed E-state index contributed by atoms with van der Waals surface area (Å²) in [5, 5.41) is 14.2. The minimum Gasteiger partial charge on any atom is -0.320 e. The van der Waals surface area contributed by atoms with Gasteiger partial charge < -0.3 is 5.32 Å². The zero-order valence-electron chi connectivity index (χ0n) is 9.03. The first kappa shape index (κ1) is 11.4. The predicted octanol–water partition coefficient (Wildman–Crippen LogP) is 1.91. The third kappa shape index (κ3) is 3.16. The zero-order chi connectivity index (χ0) is 10.5. The lowest BCUT2D eigenvalue weighted by Crippen LogP contribution is -2.08. The summed E-state index contributed by atoms with van der Waals surface area (Å²) in [6.45, 7) is 1.06. The Bertz CT molecular complexity index is 295. The highest BCUT2D eigenvalue weighted by molar-refractivity contribution is 7.99. The van der Waals surface area contributed by atoms with Gasteiger partial charge in [-0.1, -0.05) is 0 Å². The summed E-state index contributed by atoms with van der Waals surface area (Å²) in [5.74, 6) is 3.22. The van der Waals surface area contributed by atoms with Crippen molar-refractivity contribution in [1.29, 1.82) is 0 Å².